The molecule has 2 aromatic carbocycles. The van der Waals surface area contributed by atoms with E-state index in [1.807, 2.05) is 42.6 Å². The molecule has 0 aliphatic rings. The van der Waals surface area contributed by atoms with Crippen LogP contribution in [0.1, 0.15) is 11.1 Å². The lowest BCUT2D eigenvalue weighted by Crippen LogP contribution is -1.97. The lowest BCUT2D eigenvalue weighted by atomic mass is 10.1. The smallest absolute Gasteiger partial charge is 0.120 e. The zero-order chi connectivity index (χ0) is 14.7. The first-order valence-corrected chi connectivity index (χ1v) is 6.86. The van der Waals surface area contributed by atoms with E-state index < -0.39 is 0 Å². The summed E-state index contributed by atoms with van der Waals surface area (Å²) in [6.07, 6.45) is 1.98. The van der Waals surface area contributed by atoms with Gasteiger partial charge in [0.05, 0.1) is 12.6 Å². The molecule has 3 rings (SSSR count). The van der Waals surface area contributed by atoms with Crippen LogP contribution >= 0.6 is 0 Å². The summed E-state index contributed by atoms with van der Waals surface area (Å²) in [4.78, 5) is 3.28. The van der Waals surface area contributed by atoms with Crippen molar-refractivity contribution in [3.63, 3.8) is 0 Å². The Labute approximate surface area is 123 Å². The molecule has 4 nitrogen and oxygen atoms in total. The maximum atomic E-state index is 5.82. The molecule has 4 heteroatoms. The summed E-state index contributed by atoms with van der Waals surface area (Å²) in [5, 5.41) is 1.16. The van der Waals surface area contributed by atoms with Crippen LogP contribution in [0.3, 0.4) is 0 Å². The van der Waals surface area contributed by atoms with Gasteiger partial charge in [-0.25, -0.2) is 0 Å². The van der Waals surface area contributed by atoms with Crippen molar-refractivity contribution in [2.75, 3.05) is 7.11 Å². The van der Waals surface area contributed by atoms with Gasteiger partial charge in [-0.2, -0.15) is 0 Å². The molecular formula is C17H18N2O2. The van der Waals surface area contributed by atoms with Crippen LogP contribution in [0.15, 0.2) is 48.7 Å². The van der Waals surface area contributed by atoms with Crippen LogP contribution < -0.4 is 15.2 Å². The SMILES string of the molecule is COc1ccc(OCc2c[nH]c3c(CN)cccc23)cc1. The Balaban J connectivity index is 1.78. The largest absolute Gasteiger partial charge is 0.497 e. The van der Waals surface area contributed by atoms with Crippen LogP contribution in [-0.2, 0) is 13.2 Å². The molecule has 1 aromatic heterocycles. The van der Waals surface area contributed by atoms with Crippen LogP contribution in [-0.4, -0.2) is 12.1 Å². The first-order chi connectivity index (χ1) is 10.3. The minimum Gasteiger partial charge on any atom is -0.497 e. The number of benzene rings is 2. The number of methoxy groups -OCH3 is 1. The molecule has 0 aliphatic heterocycles. The molecule has 0 saturated heterocycles. The van der Waals surface area contributed by atoms with E-state index in [4.69, 9.17) is 15.2 Å². The molecule has 21 heavy (non-hydrogen) atoms. The molecule has 0 fully saturated rings. The lowest BCUT2D eigenvalue weighted by molar-refractivity contribution is 0.307. The lowest BCUT2D eigenvalue weighted by Gasteiger charge is -2.06. The number of hydrogen-bond acceptors (Lipinski definition) is 3. The fraction of sp³-hybridized carbons (Fsp3) is 0.176. The van der Waals surface area contributed by atoms with Crippen LogP contribution in [0.25, 0.3) is 10.9 Å². The zero-order valence-electron chi connectivity index (χ0n) is 11.9. The molecule has 0 amide bonds. The molecule has 108 valence electrons. The molecule has 0 spiro atoms. The highest BCUT2D eigenvalue weighted by atomic mass is 16.5. The molecule has 0 saturated carbocycles. The van der Waals surface area contributed by atoms with Gasteiger partial charge in [-0.3, -0.25) is 0 Å². The molecule has 3 N–H and O–H groups in total. The van der Waals surface area contributed by atoms with Crippen molar-refractivity contribution in [2.24, 2.45) is 5.73 Å². The van der Waals surface area contributed by atoms with E-state index in [0.29, 0.717) is 13.2 Å². The van der Waals surface area contributed by atoms with Crippen LogP contribution in [0.2, 0.25) is 0 Å². The summed E-state index contributed by atoms with van der Waals surface area (Å²) in [6.45, 7) is 1.04. The van der Waals surface area contributed by atoms with Gasteiger partial charge in [-0.1, -0.05) is 18.2 Å². The predicted octanol–water partition coefficient (Wildman–Crippen LogP) is 3.21. The van der Waals surface area contributed by atoms with Crippen molar-refractivity contribution >= 4 is 10.9 Å². The summed E-state index contributed by atoms with van der Waals surface area (Å²) in [6, 6.07) is 13.7. The number of ether oxygens (including phenoxy) is 2. The van der Waals surface area contributed by atoms with Crippen molar-refractivity contribution in [1.29, 1.82) is 0 Å². The average molecular weight is 282 g/mol. The van der Waals surface area contributed by atoms with E-state index in [2.05, 4.69) is 11.1 Å². The Kier molecular flexibility index (Phi) is 3.79. The Morgan fingerprint density at radius 1 is 1.00 bits per heavy atom. The van der Waals surface area contributed by atoms with E-state index in [1.165, 1.54) is 0 Å². The number of hydrogen-bond donors (Lipinski definition) is 2. The third-order valence-corrected chi connectivity index (χ3v) is 3.56. The van der Waals surface area contributed by atoms with Crippen molar-refractivity contribution < 1.29 is 9.47 Å². The monoisotopic (exact) mass is 282 g/mol. The third kappa shape index (κ3) is 2.71. The van der Waals surface area contributed by atoms with E-state index in [-0.39, 0.29) is 0 Å². The highest BCUT2D eigenvalue weighted by Crippen LogP contribution is 2.24. The summed E-state index contributed by atoms with van der Waals surface area (Å²) < 4.78 is 11.0. The highest BCUT2D eigenvalue weighted by molar-refractivity contribution is 5.85. The molecule has 0 aliphatic carbocycles. The summed E-state index contributed by atoms with van der Waals surface area (Å²) in [5.74, 6) is 1.64. The normalized spacial score (nSPS) is 10.8. The number of para-hydroxylation sites is 1. The molecular weight excluding hydrogens is 264 g/mol. The predicted molar refractivity (Wildman–Crippen MR) is 83.5 cm³/mol. The fourth-order valence-electron chi connectivity index (χ4n) is 2.40. The molecule has 1 heterocycles. The zero-order valence-corrected chi connectivity index (χ0v) is 11.9. The van der Waals surface area contributed by atoms with Gasteiger partial charge in [-0.15, -0.1) is 0 Å². The highest BCUT2D eigenvalue weighted by Gasteiger charge is 2.07. The fourth-order valence-corrected chi connectivity index (χ4v) is 2.40. The van der Waals surface area contributed by atoms with Gasteiger partial charge in [0.25, 0.3) is 0 Å². The first kappa shape index (κ1) is 13.5. The number of nitrogens with two attached hydrogens (primary N) is 1. The van der Waals surface area contributed by atoms with Gasteiger partial charge in [0.2, 0.25) is 0 Å². The Morgan fingerprint density at radius 2 is 1.76 bits per heavy atom. The molecule has 0 bridgehead atoms. The number of rotatable bonds is 5. The van der Waals surface area contributed by atoms with Gasteiger partial charge in [0, 0.05) is 23.7 Å². The second kappa shape index (κ2) is 5.89. The van der Waals surface area contributed by atoms with Gasteiger partial charge in [0.1, 0.15) is 18.1 Å². The average Bonchev–Trinajstić information content (AvgIpc) is 2.96. The minimum absolute atomic E-state index is 0.514. The number of nitrogens with one attached hydrogen (secondary N) is 1. The van der Waals surface area contributed by atoms with Crippen molar-refractivity contribution in [3.05, 3.63) is 59.8 Å². The topological polar surface area (TPSA) is 60.3 Å². The summed E-state index contributed by atoms with van der Waals surface area (Å²) in [7, 11) is 1.65. The standard InChI is InChI=1S/C17H18N2O2/c1-20-14-5-7-15(8-6-14)21-11-13-10-19-17-12(9-18)3-2-4-16(13)17/h2-8,10,19H,9,11,18H2,1H3. The van der Waals surface area contributed by atoms with E-state index in [9.17, 15) is 0 Å². The molecule has 3 aromatic rings. The number of aromatic amines is 1. The van der Waals surface area contributed by atoms with Crippen LogP contribution in [0, 0.1) is 0 Å². The maximum absolute atomic E-state index is 5.82. The Hall–Kier alpha value is -2.46. The van der Waals surface area contributed by atoms with Crippen molar-refractivity contribution in [2.45, 2.75) is 13.2 Å². The quantitative estimate of drug-likeness (QED) is 0.755. The first-order valence-electron chi connectivity index (χ1n) is 6.86. The van der Waals surface area contributed by atoms with Crippen molar-refractivity contribution in [1.82, 2.24) is 4.98 Å². The van der Waals surface area contributed by atoms with Gasteiger partial charge in [-0.05, 0) is 29.8 Å². The third-order valence-electron chi connectivity index (χ3n) is 3.56. The second-order valence-electron chi connectivity index (χ2n) is 4.82. The molecule has 0 atom stereocenters. The molecule has 0 radical (unpaired) electrons. The minimum atomic E-state index is 0.514. The summed E-state index contributed by atoms with van der Waals surface area (Å²) >= 11 is 0. The Bertz CT molecular complexity index is 732. The summed E-state index contributed by atoms with van der Waals surface area (Å²) in [5.41, 5.74) is 9.08. The van der Waals surface area contributed by atoms with Gasteiger partial charge < -0.3 is 20.2 Å². The van der Waals surface area contributed by atoms with E-state index >= 15 is 0 Å². The van der Waals surface area contributed by atoms with Crippen molar-refractivity contribution in [3.8, 4) is 11.5 Å². The second-order valence-corrected chi connectivity index (χ2v) is 4.82. The van der Waals surface area contributed by atoms with Crippen LogP contribution in [0.4, 0.5) is 0 Å². The number of fused-ring (bicyclic) bond motifs is 1. The number of H-pyrrole nitrogens is 1. The van der Waals surface area contributed by atoms with Gasteiger partial charge in [0.15, 0.2) is 0 Å². The van der Waals surface area contributed by atoms with E-state index in [1.54, 1.807) is 7.11 Å². The van der Waals surface area contributed by atoms with Gasteiger partial charge >= 0.3 is 0 Å². The molecule has 0 unspecified atom stereocenters. The maximum Gasteiger partial charge on any atom is 0.120 e. The van der Waals surface area contributed by atoms with Crippen LogP contribution in [0.5, 0.6) is 11.5 Å². The Morgan fingerprint density at radius 3 is 2.48 bits per heavy atom. The van der Waals surface area contributed by atoms with E-state index in [0.717, 1.165) is 33.5 Å². The number of aromatic nitrogens is 1.